The van der Waals surface area contributed by atoms with Crippen molar-refractivity contribution in [3.05, 3.63) is 0 Å². The summed E-state index contributed by atoms with van der Waals surface area (Å²) in [6, 6.07) is 0.548. The Morgan fingerprint density at radius 2 is 1.72 bits per heavy atom. The molecule has 2 saturated carbocycles. The third kappa shape index (κ3) is 7.56. The second-order valence-corrected chi connectivity index (χ2v) is 9.64. The van der Waals surface area contributed by atoms with Gasteiger partial charge in [0.2, 0.25) is 5.91 Å². The number of hydrogen-bond donors (Lipinski definition) is 2. The third-order valence-corrected chi connectivity index (χ3v) is 6.85. The van der Waals surface area contributed by atoms with E-state index in [4.69, 9.17) is 4.99 Å². The van der Waals surface area contributed by atoms with Crippen LogP contribution in [0, 0.1) is 11.3 Å². The first-order valence-electron chi connectivity index (χ1n) is 11.5. The van der Waals surface area contributed by atoms with Crippen LogP contribution in [0.1, 0.15) is 65.7 Å². The number of rotatable bonds is 6. The summed E-state index contributed by atoms with van der Waals surface area (Å²) in [5.74, 6) is 1.69. The molecule has 3 rings (SSSR count). The average Bonchev–Trinajstić information content (AvgIpc) is 2.62. The Morgan fingerprint density at radius 3 is 2.28 bits per heavy atom. The Balaban J connectivity index is 0.00000300. The summed E-state index contributed by atoms with van der Waals surface area (Å²) in [4.78, 5) is 21.7. The van der Waals surface area contributed by atoms with Crippen LogP contribution in [0.15, 0.2) is 4.99 Å². The summed E-state index contributed by atoms with van der Waals surface area (Å²) >= 11 is 0. The van der Waals surface area contributed by atoms with Crippen molar-refractivity contribution in [1.82, 2.24) is 20.4 Å². The lowest BCUT2D eigenvalue weighted by molar-refractivity contribution is -0.139. The zero-order chi connectivity index (χ0) is 20.0. The quantitative estimate of drug-likeness (QED) is 0.322. The van der Waals surface area contributed by atoms with Crippen LogP contribution < -0.4 is 10.6 Å². The van der Waals surface area contributed by atoms with Crippen molar-refractivity contribution in [2.75, 3.05) is 45.8 Å². The zero-order valence-corrected chi connectivity index (χ0v) is 21.0. The van der Waals surface area contributed by atoms with Gasteiger partial charge in [-0.3, -0.25) is 14.7 Å². The van der Waals surface area contributed by atoms with Gasteiger partial charge in [-0.15, -0.1) is 24.0 Å². The van der Waals surface area contributed by atoms with Crippen LogP contribution in [-0.4, -0.2) is 73.5 Å². The fourth-order valence-corrected chi connectivity index (χ4v) is 4.47. The smallest absolute Gasteiger partial charge is 0.225 e. The third-order valence-electron chi connectivity index (χ3n) is 6.85. The second kappa shape index (κ2) is 11.7. The van der Waals surface area contributed by atoms with Crippen LogP contribution in [0.25, 0.3) is 0 Å². The van der Waals surface area contributed by atoms with Crippen molar-refractivity contribution in [2.24, 2.45) is 16.3 Å². The lowest BCUT2D eigenvalue weighted by atomic mass is 9.75. The molecule has 0 aromatic heterocycles. The fourth-order valence-electron chi connectivity index (χ4n) is 4.47. The number of piperazine rings is 1. The summed E-state index contributed by atoms with van der Waals surface area (Å²) in [6.07, 6.45) is 8.47. The minimum absolute atomic E-state index is 0. The van der Waals surface area contributed by atoms with E-state index in [1.165, 1.54) is 32.1 Å². The molecule has 1 amide bonds. The molecule has 1 aliphatic heterocycles. The maximum Gasteiger partial charge on any atom is 0.225 e. The van der Waals surface area contributed by atoms with Crippen molar-refractivity contribution >= 4 is 35.8 Å². The molecule has 0 bridgehead atoms. The molecule has 0 aromatic carbocycles. The molecule has 0 radical (unpaired) electrons. The molecule has 2 N–H and O–H groups in total. The van der Waals surface area contributed by atoms with Gasteiger partial charge in [0.05, 0.1) is 6.54 Å². The highest BCUT2D eigenvalue weighted by Gasteiger charge is 2.31. The maximum absolute atomic E-state index is 12.4. The summed E-state index contributed by atoms with van der Waals surface area (Å²) < 4.78 is 0. The summed E-state index contributed by atoms with van der Waals surface area (Å²) in [6.45, 7) is 13.3. The predicted molar refractivity (Wildman–Crippen MR) is 131 cm³/mol. The molecule has 7 heteroatoms. The number of carbonyl (C=O) groups is 1. The molecule has 2 aliphatic carbocycles. The van der Waals surface area contributed by atoms with Crippen LogP contribution in [0.2, 0.25) is 0 Å². The number of halogens is 1. The van der Waals surface area contributed by atoms with Crippen LogP contribution in [0.5, 0.6) is 0 Å². The van der Waals surface area contributed by atoms with Crippen LogP contribution in [-0.2, 0) is 4.79 Å². The summed E-state index contributed by atoms with van der Waals surface area (Å²) in [5.41, 5.74) is 0.496. The van der Waals surface area contributed by atoms with Gasteiger partial charge in [0, 0.05) is 51.2 Å². The van der Waals surface area contributed by atoms with Crippen molar-refractivity contribution in [3.63, 3.8) is 0 Å². The average molecular weight is 520 g/mol. The monoisotopic (exact) mass is 519 g/mol. The Labute approximate surface area is 194 Å². The highest BCUT2D eigenvalue weighted by Crippen LogP contribution is 2.35. The van der Waals surface area contributed by atoms with Gasteiger partial charge in [0.1, 0.15) is 0 Å². The van der Waals surface area contributed by atoms with Gasteiger partial charge >= 0.3 is 0 Å². The second-order valence-electron chi connectivity index (χ2n) is 9.64. The maximum atomic E-state index is 12.4. The minimum Gasteiger partial charge on any atom is -0.357 e. The van der Waals surface area contributed by atoms with E-state index in [1.807, 2.05) is 0 Å². The molecule has 6 nitrogen and oxygen atoms in total. The highest BCUT2D eigenvalue weighted by molar-refractivity contribution is 14.0. The SMILES string of the molecule is CCNC(=NCCN1CCN(C(=O)C2CCC2)CC1)NC1CCC(C)(C)CC1.I. The molecule has 1 heterocycles. The fraction of sp³-hybridized carbons (Fsp3) is 0.909. The first kappa shape index (κ1) is 24.7. The van der Waals surface area contributed by atoms with Gasteiger partial charge in [-0.2, -0.15) is 0 Å². The first-order valence-corrected chi connectivity index (χ1v) is 11.5. The molecule has 0 unspecified atom stereocenters. The molecule has 3 fully saturated rings. The standard InChI is InChI=1S/C22H41N5O.HI/c1-4-23-21(25-19-8-10-22(2,3)11-9-19)24-12-13-26-14-16-27(17-15-26)20(28)18-6-5-7-18;/h18-19H,4-17H2,1-3H3,(H2,23,24,25);1H. The number of guanidine groups is 1. The number of hydrogen-bond acceptors (Lipinski definition) is 3. The Bertz CT molecular complexity index is 531. The van der Waals surface area contributed by atoms with Gasteiger partial charge in [-0.25, -0.2) is 0 Å². The largest absolute Gasteiger partial charge is 0.357 e. The van der Waals surface area contributed by atoms with Crippen LogP contribution in [0.3, 0.4) is 0 Å². The highest BCUT2D eigenvalue weighted by atomic mass is 127. The number of nitrogens with zero attached hydrogens (tertiary/aromatic N) is 3. The Kier molecular flexibility index (Phi) is 9.98. The van der Waals surface area contributed by atoms with E-state index in [0.717, 1.165) is 64.6 Å². The molecule has 0 atom stereocenters. The topological polar surface area (TPSA) is 60.0 Å². The van der Waals surface area contributed by atoms with Crippen molar-refractivity contribution in [2.45, 2.75) is 71.8 Å². The van der Waals surface area contributed by atoms with Crippen molar-refractivity contribution < 1.29 is 4.79 Å². The molecule has 3 aliphatic rings. The van der Waals surface area contributed by atoms with Crippen LogP contribution in [0.4, 0.5) is 0 Å². The van der Waals surface area contributed by atoms with Gasteiger partial charge < -0.3 is 15.5 Å². The Morgan fingerprint density at radius 1 is 1.07 bits per heavy atom. The van der Waals surface area contributed by atoms with Crippen LogP contribution >= 0.6 is 24.0 Å². The zero-order valence-electron chi connectivity index (χ0n) is 18.7. The first-order chi connectivity index (χ1) is 13.5. The van der Waals surface area contributed by atoms with Gasteiger partial charge in [-0.1, -0.05) is 20.3 Å². The number of amides is 1. The van der Waals surface area contributed by atoms with E-state index in [1.54, 1.807) is 0 Å². The summed E-state index contributed by atoms with van der Waals surface area (Å²) in [7, 11) is 0. The lowest BCUT2D eigenvalue weighted by Crippen LogP contribution is -2.51. The molecule has 168 valence electrons. The van der Waals surface area contributed by atoms with E-state index in [-0.39, 0.29) is 24.0 Å². The normalized spacial score (nSPS) is 23.8. The molecule has 0 aromatic rings. The molecule has 0 spiro atoms. The van der Waals surface area contributed by atoms with E-state index in [9.17, 15) is 4.79 Å². The van der Waals surface area contributed by atoms with E-state index in [2.05, 4.69) is 41.2 Å². The number of carbonyl (C=O) groups excluding carboxylic acids is 1. The number of aliphatic imine (C=N–C) groups is 1. The minimum atomic E-state index is 0. The van der Waals surface area contributed by atoms with E-state index < -0.39 is 0 Å². The number of nitrogens with one attached hydrogen (secondary N) is 2. The van der Waals surface area contributed by atoms with Crippen molar-refractivity contribution in [3.8, 4) is 0 Å². The van der Waals surface area contributed by atoms with Crippen molar-refractivity contribution in [1.29, 1.82) is 0 Å². The Hall–Kier alpha value is -0.570. The molecular formula is C22H42IN5O. The lowest BCUT2D eigenvalue weighted by Gasteiger charge is -2.38. The van der Waals surface area contributed by atoms with E-state index in [0.29, 0.717) is 23.3 Å². The van der Waals surface area contributed by atoms with Gasteiger partial charge in [0.25, 0.3) is 0 Å². The van der Waals surface area contributed by atoms with Gasteiger partial charge in [-0.05, 0) is 50.9 Å². The molecular weight excluding hydrogens is 477 g/mol. The van der Waals surface area contributed by atoms with Gasteiger partial charge in [0.15, 0.2) is 5.96 Å². The molecule has 1 saturated heterocycles. The molecule has 29 heavy (non-hydrogen) atoms. The summed E-state index contributed by atoms with van der Waals surface area (Å²) in [5, 5.41) is 7.05. The predicted octanol–water partition coefficient (Wildman–Crippen LogP) is 3.07. The van der Waals surface area contributed by atoms with E-state index >= 15 is 0 Å².